The standard InChI is InChI=1S/C21H35N5O2/c1-6-27-19-10-16-9-15(2)28-20(16)11-17(19)12-23-21(22-3)24-13-18-14-25(4)7-8-26(18)5/h10-11,15,18H,6-9,12-14H2,1-5H3,(H2,22,23,24). The van der Waals surface area contributed by atoms with Gasteiger partial charge in [-0.2, -0.15) is 0 Å². The molecule has 156 valence electrons. The number of benzene rings is 1. The molecule has 2 atom stereocenters. The lowest BCUT2D eigenvalue weighted by atomic mass is 10.1. The van der Waals surface area contributed by atoms with Gasteiger partial charge in [-0.05, 0) is 40.1 Å². The molecule has 7 nitrogen and oxygen atoms in total. The van der Waals surface area contributed by atoms with E-state index in [9.17, 15) is 0 Å². The van der Waals surface area contributed by atoms with Crippen molar-refractivity contribution < 1.29 is 9.47 Å². The highest BCUT2D eigenvalue weighted by Crippen LogP contribution is 2.35. The number of likely N-dealkylation sites (N-methyl/N-ethyl adjacent to an activating group) is 2. The van der Waals surface area contributed by atoms with Crippen LogP contribution in [0.25, 0.3) is 0 Å². The number of ether oxygens (including phenoxy) is 2. The number of nitrogens with one attached hydrogen (secondary N) is 2. The molecule has 0 spiro atoms. The Morgan fingerprint density at radius 1 is 1.29 bits per heavy atom. The van der Waals surface area contributed by atoms with Gasteiger partial charge in [-0.25, -0.2) is 0 Å². The molecule has 0 amide bonds. The van der Waals surface area contributed by atoms with Gasteiger partial charge in [0.2, 0.25) is 0 Å². The molecule has 7 heteroatoms. The molecule has 2 N–H and O–H groups in total. The highest BCUT2D eigenvalue weighted by atomic mass is 16.5. The van der Waals surface area contributed by atoms with Crippen molar-refractivity contribution in [2.45, 2.75) is 39.0 Å². The lowest BCUT2D eigenvalue weighted by Crippen LogP contribution is -2.55. The van der Waals surface area contributed by atoms with Crippen LogP contribution in [0.4, 0.5) is 0 Å². The lowest BCUT2D eigenvalue weighted by Gasteiger charge is -2.37. The van der Waals surface area contributed by atoms with E-state index in [1.54, 1.807) is 0 Å². The maximum atomic E-state index is 5.92. The second kappa shape index (κ2) is 9.47. The first-order valence-electron chi connectivity index (χ1n) is 10.3. The van der Waals surface area contributed by atoms with E-state index >= 15 is 0 Å². The summed E-state index contributed by atoms with van der Waals surface area (Å²) in [5.41, 5.74) is 2.32. The van der Waals surface area contributed by atoms with Crippen molar-refractivity contribution in [3.8, 4) is 11.5 Å². The van der Waals surface area contributed by atoms with Crippen LogP contribution in [0, 0.1) is 0 Å². The fraction of sp³-hybridized carbons (Fsp3) is 0.667. The number of piperazine rings is 1. The Kier molecular flexibility index (Phi) is 7.02. The van der Waals surface area contributed by atoms with Crippen molar-refractivity contribution in [2.75, 3.05) is 53.9 Å². The third-order valence-electron chi connectivity index (χ3n) is 5.53. The molecule has 1 aromatic carbocycles. The van der Waals surface area contributed by atoms with Crippen molar-refractivity contribution in [2.24, 2.45) is 4.99 Å². The minimum absolute atomic E-state index is 0.229. The molecule has 0 aliphatic carbocycles. The Labute approximate surface area is 169 Å². The normalized spacial score (nSPS) is 23.2. The summed E-state index contributed by atoms with van der Waals surface area (Å²) >= 11 is 0. The summed E-state index contributed by atoms with van der Waals surface area (Å²) in [4.78, 5) is 9.17. The SMILES string of the molecule is CCOc1cc2c(cc1CNC(=NC)NCC1CN(C)CCN1C)OC(C)C2. The van der Waals surface area contributed by atoms with E-state index in [0.29, 0.717) is 19.2 Å². The Morgan fingerprint density at radius 3 is 2.86 bits per heavy atom. The highest BCUT2D eigenvalue weighted by Gasteiger charge is 2.23. The molecule has 2 unspecified atom stereocenters. The van der Waals surface area contributed by atoms with E-state index in [-0.39, 0.29) is 6.10 Å². The van der Waals surface area contributed by atoms with Crippen molar-refractivity contribution in [3.05, 3.63) is 23.3 Å². The zero-order valence-corrected chi connectivity index (χ0v) is 17.9. The summed E-state index contributed by atoms with van der Waals surface area (Å²) in [5, 5.41) is 6.89. The molecule has 1 aromatic rings. The van der Waals surface area contributed by atoms with Crippen LogP contribution in [-0.2, 0) is 13.0 Å². The van der Waals surface area contributed by atoms with E-state index in [0.717, 1.165) is 55.6 Å². The molecular weight excluding hydrogens is 354 g/mol. The molecule has 2 heterocycles. The minimum Gasteiger partial charge on any atom is -0.494 e. The Balaban J connectivity index is 1.59. The van der Waals surface area contributed by atoms with Gasteiger partial charge in [-0.3, -0.25) is 9.89 Å². The van der Waals surface area contributed by atoms with Crippen molar-refractivity contribution in [1.82, 2.24) is 20.4 Å². The predicted octanol–water partition coefficient (Wildman–Crippen LogP) is 1.32. The van der Waals surface area contributed by atoms with Gasteiger partial charge in [-0.1, -0.05) is 0 Å². The molecule has 0 aromatic heterocycles. The maximum Gasteiger partial charge on any atom is 0.191 e. The van der Waals surface area contributed by atoms with Gasteiger partial charge < -0.3 is 25.0 Å². The number of rotatable bonds is 6. The number of aliphatic imine (C=N–C) groups is 1. The average Bonchev–Trinajstić information content (AvgIpc) is 3.03. The number of hydrogen-bond donors (Lipinski definition) is 2. The fourth-order valence-electron chi connectivity index (χ4n) is 3.85. The summed E-state index contributed by atoms with van der Waals surface area (Å²) in [6.07, 6.45) is 1.17. The van der Waals surface area contributed by atoms with Gasteiger partial charge in [-0.15, -0.1) is 0 Å². The smallest absolute Gasteiger partial charge is 0.191 e. The Bertz CT molecular complexity index is 694. The van der Waals surface area contributed by atoms with Crippen LogP contribution < -0.4 is 20.1 Å². The number of fused-ring (bicyclic) bond motifs is 1. The maximum absolute atomic E-state index is 5.92. The number of nitrogens with zero attached hydrogens (tertiary/aromatic N) is 3. The van der Waals surface area contributed by atoms with Gasteiger partial charge in [0.1, 0.15) is 17.6 Å². The minimum atomic E-state index is 0.229. The van der Waals surface area contributed by atoms with Crippen molar-refractivity contribution in [3.63, 3.8) is 0 Å². The van der Waals surface area contributed by atoms with E-state index in [2.05, 4.69) is 58.6 Å². The number of hydrogen-bond acceptors (Lipinski definition) is 5. The van der Waals surface area contributed by atoms with E-state index < -0.39 is 0 Å². The lowest BCUT2D eigenvalue weighted by molar-refractivity contribution is 0.116. The van der Waals surface area contributed by atoms with Crippen molar-refractivity contribution in [1.29, 1.82) is 0 Å². The quantitative estimate of drug-likeness (QED) is 0.565. The first kappa shape index (κ1) is 20.7. The summed E-state index contributed by atoms with van der Waals surface area (Å²) in [6, 6.07) is 4.71. The van der Waals surface area contributed by atoms with Gasteiger partial charge in [0.05, 0.1) is 6.61 Å². The number of guanidine groups is 1. The van der Waals surface area contributed by atoms with Crippen LogP contribution in [0.2, 0.25) is 0 Å². The Morgan fingerprint density at radius 2 is 2.11 bits per heavy atom. The van der Waals surface area contributed by atoms with Crippen LogP contribution in [0.15, 0.2) is 17.1 Å². The van der Waals surface area contributed by atoms with Crippen LogP contribution in [0.1, 0.15) is 25.0 Å². The van der Waals surface area contributed by atoms with Crippen LogP contribution in [0.5, 0.6) is 11.5 Å². The van der Waals surface area contributed by atoms with Gasteiger partial charge in [0, 0.05) is 63.4 Å². The summed E-state index contributed by atoms with van der Waals surface area (Å²) in [6.45, 7) is 9.56. The van der Waals surface area contributed by atoms with Gasteiger partial charge in [0.25, 0.3) is 0 Å². The molecule has 3 rings (SSSR count). The fourth-order valence-corrected chi connectivity index (χ4v) is 3.85. The van der Waals surface area contributed by atoms with Gasteiger partial charge in [0.15, 0.2) is 5.96 Å². The molecule has 2 aliphatic rings. The van der Waals surface area contributed by atoms with Crippen LogP contribution in [-0.4, -0.2) is 81.8 Å². The zero-order chi connectivity index (χ0) is 20.1. The molecule has 0 radical (unpaired) electrons. The highest BCUT2D eigenvalue weighted by molar-refractivity contribution is 5.79. The molecular formula is C21H35N5O2. The first-order chi connectivity index (χ1) is 13.5. The third-order valence-corrected chi connectivity index (χ3v) is 5.53. The molecule has 0 bridgehead atoms. The molecule has 28 heavy (non-hydrogen) atoms. The third kappa shape index (κ3) is 5.08. The Hall–Kier alpha value is -1.99. The van der Waals surface area contributed by atoms with Crippen LogP contribution >= 0.6 is 0 Å². The zero-order valence-electron chi connectivity index (χ0n) is 17.9. The van der Waals surface area contributed by atoms with E-state index in [1.165, 1.54) is 5.56 Å². The second-order valence-electron chi connectivity index (χ2n) is 7.84. The largest absolute Gasteiger partial charge is 0.494 e. The van der Waals surface area contributed by atoms with Gasteiger partial charge >= 0.3 is 0 Å². The van der Waals surface area contributed by atoms with E-state index in [1.807, 2.05) is 14.0 Å². The average molecular weight is 390 g/mol. The summed E-state index contributed by atoms with van der Waals surface area (Å²) < 4.78 is 11.8. The topological polar surface area (TPSA) is 61.4 Å². The summed E-state index contributed by atoms with van der Waals surface area (Å²) in [7, 11) is 6.18. The molecule has 2 aliphatic heterocycles. The predicted molar refractivity (Wildman–Crippen MR) is 114 cm³/mol. The molecule has 0 saturated carbocycles. The van der Waals surface area contributed by atoms with Crippen molar-refractivity contribution >= 4 is 5.96 Å². The van der Waals surface area contributed by atoms with E-state index in [4.69, 9.17) is 9.47 Å². The molecule has 1 saturated heterocycles. The monoisotopic (exact) mass is 389 g/mol. The first-order valence-corrected chi connectivity index (χ1v) is 10.3. The second-order valence-corrected chi connectivity index (χ2v) is 7.84. The summed E-state index contributed by atoms with van der Waals surface area (Å²) in [5.74, 6) is 2.71. The molecule has 1 fully saturated rings. The van der Waals surface area contributed by atoms with Crippen LogP contribution in [0.3, 0.4) is 0 Å².